The molecule has 1 heterocycles. The Balaban J connectivity index is 1.93. The van der Waals surface area contributed by atoms with Crippen LogP contribution in [0.15, 0.2) is 17.5 Å². The zero-order valence-electron chi connectivity index (χ0n) is 12.0. The van der Waals surface area contributed by atoms with Gasteiger partial charge < -0.3 is 5.73 Å². The molecule has 2 rings (SSSR count). The van der Waals surface area contributed by atoms with Crippen molar-refractivity contribution in [2.24, 2.45) is 23.0 Å². The van der Waals surface area contributed by atoms with Gasteiger partial charge in [-0.15, -0.1) is 11.3 Å². The lowest BCUT2D eigenvalue weighted by Crippen LogP contribution is -2.43. The molecule has 2 heteroatoms. The number of nitrogens with two attached hydrogens (primary N) is 1. The van der Waals surface area contributed by atoms with Crippen molar-refractivity contribution in [3.05, 3.63) is 22.4 Å². The fourth-order valence-corrected chi connectivity index (χ4v) is 4.19. The minimum atomic E-state index is 0.379. The van der Waals surface area contributed by atoms with Crippen LogP contribution < -0.4 is 5.73 Å². The highest BCUT2D eigenvalue weighted by molar-refractivity contribution is 7.09. The second-order valence-corrected chi connectivity index (χ2v) is 7.79. The van der Waals surface area contributed by atoms with Crippen LogP contribution in [0, 0.1) is 17.3 Å². The van der Waals surface area contributed by atoms with Crippen molar-refractivity contribution in [1.29, 1.82) is 0 Å². The molecule has 1 aliphatic carbocycles. The van der Waals surface area contributed by atoms with Gasteiger partial charge in [-0.1, -0.05) is 33.3 Å². The van der Waals surface area contributed by atoms with Gasteiger partial charge in [0.2, 0.25) is 0 Å². The Bertz CT molecular complexity index is 355. The Labute approximate surface area is 116 Å². The first-order chi connectivity index (χ1) is 8.49. The zero-order chi connectivity index (χ0) is 13.2. The largest absolute Gasteiger partial charge is 0.327 e. The Morgan fingerprint density at radius 1 is 1.39 bits per heavy atom. The Morgan fingerprint density at radius 2 is 2.17 bits per heavy atom. The van der Waals surface area contributed by atoms with E-state index in [1.165, 1.54) is 37.0 Å². The second-order valence-electron chi connectivity index (χ2n) is 6.76. The van der Waals surface area contributed by atoms with E-state index in [4.69, 9.17) is 5.73 Å². The van der Waals surface area contributed by atoms with Crippen LogP contribution in [-0.4, -0.2) is 6.04 Å². The number of thiophene rings is 1. The maximum Gasteiger partial charge on any atom is 0.00747 e. The van der Waals surface area contributed by atoms with Crippen molar-refractivity contribution in [3.8, 4) is 0 Å². The molecule has 3 unspecified atom stereocenters. The highest BCUT2D eigenvalue weighted by Crippen LogP contribution is 2.42. The third kappa shape index (κ3) is 3.36. The molecule has 1 saturated carbocycles. The van der Waals surface area contributed by atoms with Gasteiger partial charge in [-0.25, -0.2) is 0 Å². The van der Waals surface area contributed by atoms with Gasteiger partial charge in [0.05, 0.1) is 0 Å². The molecule has 0 saturated heterocycles. The monoisotopic (exact) mass is 265 g/mol. The van der Waals surface area contributed by atoms with Gasteiger partial charge >= 0.3 is 0 Å². The van der Waals surface area contributed by atoms with Gasteiger partial charge in [-0.05, 0) is 54.4 Å². The van der Waals surface area contributed by atoms with E-state index in [9.17, 15) is 0 Å². The van der Waals surface area contributed by atoms with E-state index in [0.717, 1.165) is 5.92 Å². The third-order valence-corrected chi connectivity index (χ3v) is 5.70. The molecule has 2 N–H and O–H groups in total. The number of hydrogen-bond donors (Lipinski definition) is 1. The SMILES string of the molecule is CC1CCC(C(C)(C)CCc2cccs2)C(N)C1. The van der Waals surface area contributed by atoms with Crippen molar-refractivity contribution in [2.75, 3.05) is 0 Å². The fourth-order valence-electron chi connectivity index (χ4n) is 3.48. The lowest BCUT2D eigenvalue weighted by molar-refractivity contribution is 0.105. The molecular weight excluding hydrogens is 238 g/mol. The van der Waals surface area contributed by atoms with Gasteiger partial charge in [0.15, 0.2) is 0 Å². The van der Waals surface area contributed by atoms with E-state index in [1.54, 1.807) is 0 Å². The van der Waals surface area contributed by atoms with Crippen LogP contribution >= 0.6 is 11.3 Å². The molecule has 0 bridgehead atoms. The zero-order valence-corrected chi connectivity index (χ0v) is 12.8. The predicted molar refractivity (Wildman–Crippen MR) is 80.9 cm³/mol. The summed E-state index contributed by atoms with van der Waals surface area (Å²) >= 11 is 1.88. The Hall–Kier alpha value is -0.340. The lowest BCUT2D eigenvalue weighted by atomic mass is 9.65. The first-order valence-electron chi connectivity index (χ1n) is 7.27. The molecule has 1 nitrogen and oxygen atoms in total. The van der Waals surface area contributed by atoms with Crippen LogP contribution in [0.2, 0.25) is 0 Å². The minimum Gasteiger partial charge on any atom is -0.327 e. The maximum atomic E-state index is 6.41. The summed E-state index contributed by atoms with van der Waals surface area (Å²) in [4.78, 5) is 1.51. The van der Waals surface area contributed by atoms with E-state index in [-0.39, 0.29) is 0 Å². The topological polar surface area (TPSA) is 26.0 Å². The van der Waals surface area contributed by atoms with Gasteiger partial charge in [-0.2, -0.15) is 0 Å². The van der Waals surface area contributed by atoms with E-state index < -0.39 is 0 Å². The normalized spacial score (nSPS) is 29.4. The minimum absolute atomic E-state index is 0.379. The van der Waals surface area contributed by atoms with Crippen LogP contribution in [-0.2, 0) is 6.42 Å². The van der Waals surface area contributed by atoms with Gasteiger partial charge in [0.1, 0.15) is 0 Å². The quantitative estimate of drug-likeness (QED) is 0.854. The van der Waals surface area contributed by atoms with E-state index in [2.05, 4.69) is 38.3 Å². The number of hydrogen-bond acceptors (Lipinski definition) is 2. The highest BCUT2D eigenvalue weighted by Gasteiger charge is 2.36. The second kappa shape index (κ2) is 5.75. The van der Waals surface area contributed by atoms with Crippen LogP contribution in [0.5, 0.6) is 0 Å². The van der Waals surface area contributed by atoms with E-state index >= 15 is 0 Å². The summed E-state index contributed by atoms with van der Waals surface area (Å²) in [5.41, 5.74) is 6.79. The molecule has 1 fully saturated rings. The molecule has 0 radical (unpaired) electrons. The fraction of sp³-hybridized carbons (Fsp3) is 0.750. The number of aryl methyl sites for hydroxylation is 1. The summed E-state index contributed by atoms with van der Waals surface area (Å²) < 4.78 is 0. The summed E-state index contributed by atoms with van der Waals surface area (Å²) in [5.74, 6) is 1.53. The maximum absolute atomic E-state index is 6.41. The summed E-state index contributed by atoms with van der Waals surface area (Å²) in [5, 5.41) is 2.18. The first kappa shape index (κ1) is 14.1. The lowest BCUT2D eigenvalue weighted by Gasteiger charge is -2.43. The van der Waals surface area contributed by atoms with Crippen molar-refractivity contribution in [1.82, 2.24) is 0 Å². The molecule has 1 aliphatic rings. The Kier molecular flexibility index (Phi) is 4.50. The Morgan fingerprint density at radius 3 is 2.78 bits per heavy atom. The van der Waals surface area contributed by atoms with Crippen LogP contribution in [0.1, 0.15) is 51.3 Å². The smallest absolute Gasteiger partial charge is 0.00747 e. The standard InChI is InChI=1S/C16H27NS/c1-12-6-7-14(15(17)11-12)16(2,3)9-8-13-5-4-10-18-13/h4-5,10,12,14-15H,6-9,11,17H2,1-3H3. The molecule has 0 spiro atoms. The average Bonchev–Trinajstić information content (AvgIpc) is 2.78. The molecule has 18 heavy (non-hydrogen) atoms. The van der Waals surface area contributed by atoms with Crippen LogP contribution in [0.3, 0.4) is 0 Å². The molecule has 0 aromatic carbocycles. The summed E-state index contributed by atoms with van der Waals surface area (Å²) in [6.07, 6.45) is 6.37. The van der Waals surface area contributed by atoms with Gasteiger partial charge in [0, 0.05) is 10.9 Å². The third-order valence-electron chi connectivity index (χ3n) is 4.76. The summed E-state index contributed by atoms with van der Waals surface area (Å²) in [6.45, 7) is 7.18. The molecule has 0 amide bonds. The molecule has 1 aromatic rings. The van der Waals surface area contributed by atoms with Crippen molar-refractivity contribution >= 4 is 11.3 Å². The predicted octanol–water partition coefficient (Wildman–Crippen LogP) is 4.47. The van der Waals surface area contributed by atoms with Gasteiger partial charge in [0.25, 0.3) is 0 Å². The molecule has 0 aliphatic heterocycles. The van der Waals surface area contributed by atoms with Gasteiger partial charge in [-0.3, -0.25) is 0 Å². The summed E-state index contributed by atoms with van der Waals surface area (Å²) in [7, 11) is 0. The molecule has 3 atom stereocenters. The highest BCUT2D eigenvalue weighted by atomic mass is 32.1. The van der Waals surface area contributed by atoms with E-state index in [1.807, 2.05) is 11.3 Å². The molecule has 102 valence electrons. The van der Waals surface area contributed by atoms with Crippen molar-refractivity contribution in [2.45, 2.75) is 58.9 Å². The molecule has 1 aromatic heterocycles. The van der Waals surface area contributed by atoms with Crippen LogP contribution in [0.25, 0.3) is 0 Å². The van der Waals surface area contributed by atoms with Crippen molar-refractivity contribution in [3.63, 3.8) is 0 Å². The summed E-state index contributed by atoms with van der Waals surface area (Å²) in [6, 6.07) is 4.82. The van der Waals surface area contributed by atoms with E-state index in [0.29, 0.717) is 17.4 Å². The average molecular weight is 265 g/mol. The van der Waals surface area contributed by atoms with Crippen LogP contribution in [0.4, 0.5) is 0 Å². The van der Waals surface area contributed by atoms with Crippen molar-refractivity contribution < 1.29 is 0 Å². The first-order valence-corrected chi connectivity index (χ1v) is 8.15. The molecular formula is C16H27NS. The number of rotatable bonds is 4.